The number of nitrogens with zero attached hydrogens (tertiary/aromatic N) is 4. The van der Waals surface area contributed by atoms with Crippen molar-refractivity contribution in [1.82, 2.24) is 25.0 Å². The Morgan fingerprint density at radius 1 is 1.45 bits per heavy atom. The topological polar surface area (TPSA) is 46.0 Å². The molecule has 2 heterocycles. The highest BCUT2D eigenvalue weighted by Crippen LogP contribution is 2.21. The molecule has 1 aromatic carbocycles. The molecule has 5 nitrogen and oxygen atoms in total. The summed E-state index contributed by atoms with van der Waals surface area (Å²) in [5, 5.41) is 8.34. The Morgan fingerprint density at radius 2 is 2.35 bits per heavy atom. The Bertz CT molecular complexity index is 569. The van der Waals surface area contributed by atoms with E-state index in [1.807, 2.05) is 12.1 Å². The molecule has 1 atom stereocenters. The van der Waals surface area contributed by atoms with Crippen LogP contribution in [-0.2, 0) is 6.54 Å². The van der Waals surface area contributed by atoms with E-state index >= 15 is 0 Å². The Morgan fingerprint density at radius 3 is 3.10 bits per heavy atom. The summed E-state index contributed by atoms with van der Waals surface area (Å²) in [4.78, 5) is 6.49. The molecule has 2 aromatic rings. The van der Waals surface area contributed by atoms with Gasteiger partial charge in [0.05, 0.1) is 5.69 Å². The lowest BCUT2D eigenvalue weighted by Crippen LogP contribution is -2.49. The Balaban J connectivity index is 1.89. The smallest absolute Gasteiger partial charge is 0.138 e. The van der Waals surface area contributed by atoms with E-state index in [0.29, 0.717) is 11.1 Å². The summed E-state index contributed by atoms with van der Waals surface area (Å²) < 4.78 is 1.77. The second-order valence-corrected chi connectivity index (χ2v) is 5.57. The quantitative estimate of drug-likeness (QED) is 0.935. The van der Waals surface area contributed by atoms with Crippen LogP contribution in [0.25, 0.3) is 5.69 Å². The molecule has 1 aliphatic rings. The van der Waals surface area contributed by atoms with Gasteiger partial charge in [-0.1, -0.05) is 17.7 Å². The van der Waals surface area contributed by atoms with Crippen molar-refractivity contribution >= 4 is 11.6 Å². The van der Waals surface area contributed by atoms with E-state index in [1.54, 1.807) is 11.0 Å². The van der Waals surface area contributed by atoms with E-state index < -0.39 is 0 Å². The first-order valence-corrected chi connectivity index (χ1v) is 7.20. The van der Waals surface area contributed by atoms with Crippen LogP contribution in [0.2, 0.25) is 5.02 Å². The number of nitrogens with one attached hydrogen (secondary N) is 1. The lowest BCUT2D eigenvalue weighted by molar-refractivity contribution is 0.165. The lowest BCUT2D eigenvalue weighted by atomic mass is 10.1. The highest BCUT2D eigenvalue weighted by molar-refractivity contribution is 6.30. The van der Waals surface area contributed by atoms with Gasteiger partial charge in [-0.05, 0) is 24.6 Å². The van der Waals surface area contributed by atoms with Gasteiger partial charge in [0.25, 0.3) is 0 Å². The minimum absolute atomic E-state index is 0.531. The molecule has 1 saturated heterocycles. The molecule has 1 fully saturated rings. The van der Waals surface area contributed by atoms with Crippen LogP contribution in [-0.4, -0.2) is 45.3 Å². The van der Waals surface area contributed by atoms with Gasteiger partial charge in [-0.3, -0.25) is 4.90 Å². The molecule has 1 aliphatic heterocycles. The molecule has 0 bridgehead atoms. The molecule has 0 unspecified atom stereocenters. The predicted octanol–water partition coefficient (Wildman–Crippen LogP) is 1.71. The number of benzene rings is 1. The van der Waals surface area contributed by atoms with Gasteiger partial charge in [0.1, 0.15) is 12.7 Å². The average molecular weight is 292 g/mol. The summed E-state index contributed by atoms with van der Waals surface area (Å²) in [6.45, 7) is 6.27. The van der Waals surface area contributed by atoms with E-state index in [2.05, 4.69) is 33.3 Å². The van der Waals surface area contributed by atoms with Gasteiger partial charge in [0, 0.05) is 37.2 Å². The monoisotopic (exact) mass is 291 g/mol. The first-order chi connectivity index (χ1) is 9.74. The number of rotatable bonds is 3. The zero-order valence-corrected chi connectivity index (χ0v) is 12.2. The van der Waals surface area contributed by atoms with Crippen LogP contribution in [0, 0.1) is 0 Å². The average Bonchev–Trinajstić information content (AvgIpc) is 2.97. The van der Waals surface area contributed by atoms with Crippen molar-refractivity contribution in [2.45, 2.75) is 19.5 Å². The largest absolute Gasteiger partial charge is 0.314 e. The number of piperazine rings is 1. The normalized spacial score (nSPS) is 20.2. The minimum atomic E-state index is 0.531. The first-order valence-electron chi connectivity index (χ1n) is 6.82. The van der Waals surface area contributed by atoms with Crippen molar-refractivity contribution in [3.8, 4) is 5.69 Å². The second-order valence-electron chi connectivity index (χ2n) is 5.14. The molecule has 0 amide bonds. The van der Waals surface area contributed by atoms with Crippen LogP contribution in [0.4, 0.5) is 0 Å². The SMILES string of the molecule is C[C@@H]1CNCCN1Cc1ccc(Cl)cc1-n1cncn1. The van der Waals surface area contributed by atoms with Gasteiger partial charge in [0.15, 0.2) is 0 Å². The summed E-state index contributed by atoms with van der Waals surface area (Å²) in [5.41, 5.74) is 2.22. The predicted molar refractivity (Wildman–Crippen MR) is 79.1 cm³/mol. The van der Waals surface area contributed by atoms with Crippen molar-refractivity contribution in [3.05, 3.63) is 41.4 Å². The molecule has 6 heteroatoms. The third-order valence-electron chi connectivity index (χ3n) is 3.73. The summed E-state index contributed by atoms with van der Waals surface area (Å²) in [5.74, 6) is 0. The zero-order chi connectivity index (χ0) is 13.9. The number of hydrogen-bond donors (Lipinski definition) is 1. The third kappa shape index (κ3) is 2.85. The highest BCUT2D eigenvalue weighted by Gasteiger charge is 2.19. The summed E-state index contributed by atoms with van der Waals surface area (Å²) >= 11 is 6.12. The molecule has 3 rings (SSSR count). The van der Waals surface area contributed by atoms with Crippen molar-refractivity contribution in [2.24, 2.45) is 0 Å². The summed E-state index contributed by atoms with van der Waals surface area (Å²) in [7, 11) is 0. The van der Waals surface area contributed by atoms with Crippen LogP contribution < -0.4 is 5.32 Å². The third-order valence-corrected chi connectivity index (χ3v) is 3.96. The van der Waals surface area contributed by atoms with Crippen molar-refractivity contribution in [1.29, 1.82) is 0 Å². The van der Waals surface area contributed by atoms with E-state index in [0.717, 1.165) is 31.9 Å². The van der Waals surface area contributed by atoms with Crippen LogP contribution in [0.1, 0.15) is 12.5 Å². The maximum absolute atomic E-state index is 6.12. The minimum Gasteiger partial charge on any atom is -0.314 e. The molecule has 1 N–H and O–H groups in total. The van der Waals surface area contributed by atoms with Gasteiger partial charge in [-0.2, -0.15) is 5.10 Å². The Labute approximate surface area is 123 Å². The molecule has 20 heavy (non-hydrogen) atoms. The zero-order valence-electron chi connectivity index (χ0n) is 11.5. The number of halogens is 1. The fraction of sp³-hybridized carbons (Fsp3) is 0.429. The Hall–Kier alpha value is -1.43. The molecule has 0 spiro atoms. The van der Waals surface area contributed by atoms with Crippen molar-refractivity contribution < 1.29 is 0 Å². The number of aromatic nitrogens is 3. The van der Waals surface area contributed by atoms with Crippen LogP contribution in [0.5, 0.6) is 0 Å². The van der Waals surface area contributed by atoms with Crippen LogP contribution >= 0.6 is 11.6 Å². The van der Waals surface area contributed by atoms with Gasteiger partial charge in [-0.25, -0.2) is 9.67 Å². The maximum atomic E-state index is 6.12. The standard InChI is InChI=1S/C14H18ClN5/c1-11-7-16-4-5-19(11)8-12-2-3-13(15)6-14(12)20-10-17-9-18-20/h2-3,6,9-11,16H,4-5,7-8H2,1H3/t11-/m1/s1. The molecule has 1 aromatic heterocycles. The van der Waals surface area contributed by atoms with E-state index in [4.69, 9.17) is 11.6 Å². The molecule has 0 saturated carbocycles. The fourth-order valence-corrected chi connectivity index (χ4v) is 2.72. The highest BCUT2D eigenvalue weighted by atomic mass is 35.5. The van der Waals surface area contributed by atoms with Gasteiger partial charge >= 0.3 is 0 Å². The van der Waals surface area contributed by atoms with Crippen LogP contribution in [0.3, 0.4) is 0 Å². The molecule has 106 valence electrons. The lowest BCUT2D eigenvalue weighted by Gasteiger charge is -2.34. The van der Waals surface area contributed by atoms with Gasteiger partial charge in [-0.15, -0.1) is 0 Å². The fourth-order valence-electron chi connectivity index (χ4n) is 2.55. The molecule has 0 aliphatic carbocycles. The van der Waals surface area contributed by atoms with E-state index in [-0.39, 0.29) is 0 Å². The maximum Gasteiger partial charge on any atom is 0.138 e. The van der Waals surface area contributed by atoms with Gasteiger partial charge in [0.2, 0.25) is 0 Å². The van der Waals surface area contributed by atoms with E-state index in [1.165, 1.54) is 11.9 Å². The molecular weight excluding hydrogens is 274 g/mol. The van der Waals surface area contributed by atoms with E-state index in [9.17, 15) is 0 Å². The van der Waals surface area contributed by atoms with Crippen molar-refractivity contribution in [2.75, 3.05) is 19.6 Å². The Kier molecular flexibility index (Phi) is 4.00. The molecular formula is C14H18ClN5. The second kappa shape index (κ2) is 5.91. The number of hydrogen-bond acceptors (Lipinski definition) is 4. The summed E-state index contributed by atoms with van der Waals surface area (Å²) in [6, 6.07) is 6.49. The van der Waals surface area contributed by atoms with Gasteiger partial charge < -0.3 is 5.32 Å². The van der Waals surface area contributed by atoms with Crippen molar-refractivity contribution in [3.63, 3.8) is 0 Å². The first kappa shape index (κ1) is 13.5. The summed E-state index contributed by atoms with van der Waals surface area (Å²) in [6.07, 6.45) is 3.24. The molecule has 0 radical (unpaired) electrons. The van der Waals surface area contributed by atoms with Crippen LogP contribution in [0.15, 0.2) is 30.9 Å².